The molecule has 0 aliphatic heterocycles. The third-order valence-electron chi connectivity index (χ3n) is 2.77. The number of amides is 1. The number of nitro benzene ring substituents is 1. The third kappa shape index (κ3) is 3.83. The average molecular weight is 363 g/mol. The van der Waals surface area contributed by atoms with Gasteiger partial charge in [0.05, 0.1) is 0 Å². The Bertz CT molecular complexity index is 679. The van der Waals surface area contributed by atoms with Crippen LogP contribution in [0.2, 0.25) is 5.02 Å². The second kappa shape index (κ2) is 6.73. The zero-order valence-corrected chi connectivity index (χ0v) is 14.0. The summed E-state index contributed by atoms with van der Waals surface area (Å²) in [4.78, 5) is 22.5. The summed E-state index contributed by atoms with van der Waals surface area (Å²) in [7, 11) is 1.72. The zero-order valence-electron chi connectivity index (χ0n) is 11.1. The number of carbonyl (C=O) groups excluding carboxylic acids is 1. The van der Waals surface area contributed by atoms with Crippen molar-refractivity contribution in [2.75, 3.05) is 7.05 Å². The van der Waals surface area contributed by atoms with Crippen LogP contribution in [0.15, 0.2) is 48.5 Å². The average Bonchev–Trinajstić information content (AvgIpc) is 2.47. The number of hydrogen-bond acceptors (Lipinski definition) is 3. The van der Waals surface area contributed by atoms with Gasteiger partial charge in [-0.05, 0) is 0 Å². The van der Waals surface area contributed by atoms with Gasteiger partial charge in [-0.1, -0.05) is 0 Å². The van der Waals surface area contributed by atoms with Crippen LogP contribution in [-0.4, -0.2) is 37.4 Å². The van der Waals surface area contributed by atoms with Crippen molar-refractivity contribution in [1.82, 2.24) is 3.86 Å². The minimum absolute atomic E-state index is 0.0979. The molecule has 2 aromatic rings. The fraction of sp³-hybridized carbons (Fsp3) is 0.0714. The Morgan fingerprint density at radius 2 is 1.90 bits per heavy atom. The van der Waals surface area contributed by atoms with E-state index in [1.54, 1.807) is 10.9 Å². The second-order valence-corrected chi connectivity index (χ2v) is 7.76. The molecule has 0 aliphatic carbocycles. The van der Waals surface area contributed by atoms with Crippen molar-refractivity contribution in [3.63, 3.8) is 0 Å². The molecular weight excluding hydrogens is 352 g/mol. The number of nitro groups is 1. The molecule has 0 spiro atoms. The van der Waals surface area contributed by atoms with E-state index in [2.05, 4.69) is 0 Å². The predicted molar refractivity (Wildman–Crippen MR) is 82.0 cm³/mol. The van der Waals surface area contributed by atoms with Crippen LogP contribution in [0.25, 0.3) is 0 Å². The Hall–Kier alpha value is -1.86. The number of nitrogens with zero attached hydrogens (tertiary/aromatic N) is 2. The van der Waals surface area contributed by atoms with E-state index in [0.29, 0.717) is 0 Å². The van der Waals surface area contributed by atoms with E-state index < -0.39 is 20.6 Å². The molecule has 2 radical (unpaired) electrons. The number of non-ortho nitro benzene ring substituents is 1. The molecule has 21 heavy (non-hydrogen) atoms. The van der Waals surface area contributed by atoms with Crippen LogP contribution in [0.4, 0.5) is 5.69 Å². The van der Waals surface area contributed by atoms with Crippen LogP contribution >= 0.6 is 11.6 Å². The van der Waals surface area contributed by atoms with Crippen molar-refractivity contribution in [3.8, 4) is 0 Å². The molecule has 0 N–H and O–H groups in total. The van der Waals surface area contributed by atoms with Crippen LogP contribution in [0.5, 0.6) is 0 Å². The van der Waals surface area contributed by atoms with Crippen molar-refractivity contribution >= 4 is 43.2 Å². The summed E-state index contributed by atoms with van der Waals surface area (Å²) in [5, 5.41) is 10.8. The van der Waals surface area contributed by atoms with Gasteiger partial charge in [0.25, 0.3) is 0 Å². The molecule has 5 nitrogen and oxygen atoms in total. The first-order valence-corrected chi connectivity index (χ1v) is 8.39. The quantitative estimate of drug-likeness (QED) is 0.476. The molecule has 0 heterocycles. The Kier molecular flexibility index (Phi) is 4.98. The van der Waals surface area contributed by atoms with Crippen LogP contribution in [0.1, 0.15) is 10.4 Å². The molecule has 0 atom stereocenters. The number of halogens is 1. The molecule has 0 fully saturated rings. The first-order valence-electron chi connectivity index (χ1n) is 6.03. The maximum absolute atomic E-state index is 12.4. The van der Waals surface area contributed by atoms with E-state index in [4.69, 9.17) is 11.6 Å². The number of carbonyl (C=O) groups is 1. The molecule has 106 valence electrons. The summed E-state index contributed by atoms with van der Waals surface area (Å²) < 4.78 is 2.76. The Balaban J connectivity index is 2.18. The molecule has 0 saturated carbocycles. The molecule has 2 aromatic carbocycles. The molecule has 7 heteroatoms. The van der Waals surface area contributed by atoms with Crippen molar-refractivity contribution in [2.45, 2.75) is 0 Å². The van der Waals surface area contributed by atoms with E-state index in [-0.39, 0.29) is 22.2 Å². The van der Waals surface area contributed by atoms with Crippen molar-refractivity contribution in [1.29, 1.82) is 0 Å². The van der Waals surface area contributed by atoms with Crippen molar-refractivity contribution in [3.05, 3.63) is 69.2 Å². The van der Waals surface area contributed by atoms with Gasteiger partial charge in [0.2, 0.25) is 0 Å². The fourth-order valence-corrected chi connectivity index (χ4v) is 3.98. The molecule has 1 amide bonds. The molecule has 2 rings (SSSR count). The van der Waals surface area contributed by atoms with Gasteiger partial charge in [-0.2, -0.15) is 0 Å². The second-order valence-electron chi connectivity index (χ2n) is 4.26. The van der Waals surface area contributed by atoms with E-state index >= 15 is 0 Å². The zero-order chi connectivity index (χ0) is 15.4. The van der Waals surface area contributed by atoms with E-state index in [9.17, 15) is 14.9 Å². The minimum atomic E-state index is -0.792. The van der Waals surface area contributed by atoms with Gasteiger partial charge < -0.3 is 0 Å². The van der Waals surface area contributed by atoms with Gasteiger partial charge in [0, 0.05) is 0 Å². The monoisotopic (exact) mass is 364 g/mol. The molecule has 0 aromatic heterocycles. The fourth-order valence-electron chi connectivity index (χ4n) is 1.73. The summed E-state index contributed by atoms with van der Waals surface area (Å²) >= 11 is 5.19. The van der Waals surface area contributed by atoms with Crippen LogP contribution < -0.4 is 4.40 Å². The van der Waals surface area contributed by atoms with Crippen LogP contribution in [-0.2, 0) is 0 Å². The van der Waals surface area contributed by atoms with Crippen LogP contribution in [0.3, 0.4) is 0 Å². The van der Waals surface area contributed by atoms with Crippen LogP contribution in [0, 0.1) is 10.1 Å². The number of benzene rings is 2. The summed E-state index contributed by atoms with van der Waals surface area (Å²) in [5.41, 5.74) is 0.155. The molecular formula is C14H11ClGeN2O3. The Labute approximate surface area is 133 Å². The van der Waals surface area contributed by atoms with Crippen molar-refractivity contribution < 1.29 is 9.72 Å². The summed E-state index contributed by atoms with van der Waals surface area (Å²) in [6, 6.07) is 13.6. The molecule has 0 aliphatic rings. The first-order chi connectivity index (χ1) is 9.99. The van der Waals surface area contributed by atoms with Gasteiger partial charge in [-0.25, -0.2) is 0 Å². The standard InChI is InChI=1S/C14H11ClGeN2O3/c1-17(16-10-5-3-2-4-6-10)14(19)12-8-7-11(18(20)21)9-13(12)15/h2-9H,1H3. The Morgan fingerprint density at radius 3 is 2.48 bits per heavy atom. The van der Waals surface area contributed by atoms with Gasteiger partial charge >= 0.3 is 133 Å². The van der Waals surface area contributed by atoms with Gasteiger partial charge in [0.1, 0.15) is 0 Å². The number of rotatable bonds is 4. The normalized spacial score (nSPS) is 10.2. The van der Waals surface area contributed by atoms with Gasteiger partial charge in [0.15, 0.2) is 0 Å². The van der Waals surface area contributed by atoms with E-state index in [1.165, 1.54) is 18.2 Å². The van der Waals surface area contributed by atoms with E-state index in [1.807, 2.05) is 30.3 Å². The number of hydrogen-bond donors (Lipinski definition) is 0. The van der Waals surface area contributed by atoms with Gasteiger partial charge in [-0.3, -0.25) is 0 Å². The summed E-state index contributed by atoms with van der Waals surface area (Å²) in [5.74, 6) is -0.223. The first kappa shape index (κ1) is 15.5. The summed E-state index contributed by atoms with van der Waals surface area (Å²) in [6.45, 7) is 0. The topological polar surface area (TPSA) is 63.5 Å². The SMILES string of the molecule is C[N]([Ge][c]1ccccc1)C(=O)c1ccc([N+](=O)[O-])cc1Cl. The van der Waals surface area contributed by atoms with Gasteiger partial charge in [-0.15, -0.1) is 0 Å². The molecule has 0 unspecified atom stereocenters. The maximum atomic E-state index is 12.4. The van der Waals surface area contributed by atoms with Crippen molar-refractivity contribution in [2.24, 2.45) is 0 Å². The predicted octanol–water partition coefficient (Wildman–Crippen LogP) is 2.26. The van der Waals surface area contributed by atoms with E-state index in [0.717, 1.165) is 4.40 Å². The summed E-state index contributed by atoms with van der Waals surface area (Å²) in [6.07, 6.45) is 0. The Morgan fingerprint density at radius 1 is 1.24 bits per heavy atom. The third-order valence-corrected chi connectivity index (χ3v) is 5.45. The molecule has 0 saturated heterocycles. The molecule has 0 bridgehead atoms.